The fourth-order valence-corrected chi connectivity index (χ4v) is 2.62. The zero-order valence-electron chi connectivity index (χ0n) is 16.0. The number of halogens is 1. The molecule has 0 saturated carbocycles. The Morgan fingerprint density at radius 1 is 1.29 bits per heavy atom. The van der Waals surface area contributed by atoms with Crippen LogP contribution in [0.15, 0.2) is 4.99 Å². The summed E-state index contributed by atoms with van der Waals surface area (Å²) < 4.78 is 11.4. The summed E-state index contributed by atoms with van der Waals surface area (Å²) in [5.41, 5.74) is 0. The smallest absolute Gasteiger partial charge is 0.191 e. The standard InChI is InChI=1S/C17H36N4O2.HI/c1-14(2)12-21-8-10-23-16(13-21)11-20-17(18-5)19-7-6-9-22-15(3)4;/h14-16H,6-13H2,1-5H3,(H2,18,19,20);1H. The number of rotatable bonds is 9. The summed E-state index contributed by atoms with van der Waals surface area (Å²) in [6.07, 6.45) is 1.50. The topological polar surface area (TPSA) is 58.1 Å². The van der Waals surface area contributed by atoms with E-state index in [1.165, 1.54) is 0 Å². The van der Waals surface area contributed by atoms with Crippen molar-refractivity contribution in [1.29, 1.82) is 0 Å². The first-order chi connectivity index (χ1) is 11.0. The molecule has 0 aromatic carbocycles. The number of ether oxygens (including phenoxy) is 2. The van der Waals surface area contributed by atoms with E-state index < -0.39 is 0 Å². The highest BCUT2D eigenvalue weighted by molar-refractivity contribution is 14.0. The second kappa shape index (κ2) is 14.1. The van der Waals surface area contributed by atoms with Crippen molar-refractivity contribution in [2.75, 3.05) is 53.0 Å². The Bertz CT molecular complexity index is 341. The third-order valence-corrected chi connectivity index (χ3v) is 3.63. The lowest BCUT2D eigenvalue weighted by molar-refractivity contribution is -0.0284. The first-order valence-electron chi connectivity index (χ1n) is 8.91. The molecule has 1 unspecified atom stereocenters. The van der Waals surface area contributed by atoms with Crippen molar-refractivity contribution in [3.8, 4) is 0 Å². The zero-order chi connectivity index (χ0) is 17.1. The van der Waals surface area contributed by atoms with Gasteiger partial charge in [-0.2, -0.15) is 0 Å². The second-order valence-electron chi connectivity index (χ2n) is 6.80. The van der Waals surface area contributed by atoms with Gasteiger partial charge in [0.2, 0.25) is 0 Å². The number of guanidine groups is 1. The molecule has 1 aliphatic heterocycles. The number of hydrogen-bond donors (Lipinski definition) is 2. The van der Waals surface area contributed by atoms with E-state index in [0.29, 0.717) is 12.0 Å². The van der Waals surface area contributed by atoms with Crippen LogP contribution >= 0.6 is 24.0 Å². The Morgan fingerprint density at radius 2 is 2.04 bits per heavy atom. The van der Waals surface area contributed by atoms with Crippen LogP contribution < -0.4 is 10.6 Å². The van der Waals surface area contributed by atoms with Crippen LogP contribution in [-0.2, 0) is 9.47 Å². The van der Waals surface area contributed by atoms with Gasteiger partial charge in [0.1, 0.15) is 0 Å². The maximum absolute atomic E-state index is 5.85. The molecule has 1 fully saturated rings. The molecule has 1 saturated heterocycles. The van der Waals surface area contributed by atoms with Crippen molar-refractivity contribution in [2.24, 2.45) is 10.9 Å². The first kappa shape index (κ1) is 23.9. The van der Waals surface area contributed by atoms with Crippen LogP contribution in [0.2, 0.25) is 0 Å². The van der Waals surface area contributed by atoms with Gasteiger partial charge in [-0.15, -0.1) is 24.0 Å². The summed E-state index contributed by atoms with van der Waals surface area (Å²) in [4.78, 5) is 6.74. The van der Waals surface area contributed by atoms with Gasteiger partial charge < -0.3 is 20.1 Å². The zero-order valence-corrected chi connectivity index (χ0v) is 18.3. The van der Waals surface area contributed by atoms with Gasteiger partial charge in [-0.3, -0.25) is 9.89 Å². The van der Waals surface area contributed by atoms with Crippen molar-refractivity contribution in [2.45, 2.75) is 46.3 Å². The molecule has 144 valence electrons. The van der Waals surface area contributed by atoms with Gasteiger partial charge >= 0.3 is 0 Å². The predicted octanol–water partition coefficient (Wildman–Crippen LogP) is 1.94. The maximum Gasteiger partial charge on any atom is 0.191 e. The molecule has 7 heteroatoms. The normalized spacial score (nSPS) is 19.5. The monoisotopic (exact) mass is 456 g/mol. The molecule has 2 N–H and O–H groups in total. The van der Waals surface area contributed by atoms with E-state index in [-0.39, 0.29) is 30.1 Å². The first-order valence-corrected chi connectivity index (χ1v) is 8.91. The van der Waals surface area contributed by atoms with E-state index in [1.807, 2.05) is 0 Å². The van der Waals surface area contributed by atoms with Crippen LogP contribution in [0.1, 0.15) is 34.1 Å². The largest absolute Gasteiger partial charge is 0.379 e. The average Bonchev–Trinajstić information content (AvgIpc) is 2.49. The van der Waals surface area contributed by atoms with Crippen molar-refractivity contribution in [3.05, 3.63) is 0 Å². The molecule has 0 aromatic heterocycles. The van der Waals surface area contributed by atoms with Gasteiger partial charge in [0, 0.05) is 46.4 Å². The van der Waals surface area contributed by atoms with Crippen LogP contribution in [0.5, 0.6) is 0 Å². The Kier molecular flexibility index (Phi) is 14.0. The van der Waals surface area contributed by atoms with E-state index in [1.54, 1.807) is 7.05 Å². The highest BCUT2D eigenvalue weighted by atomic mass is 127. The number of aliphatic imine (C=N–C) groups is 1. The molecule has 1 rings (SSSR count). The Balaban J connectivity index is 0.00000529. The third-order valence-electron chi connectivity index (χ3n) is 3.63. The van der Waals surface area contributed by atoms with Gasteiger partial charge in [0.25, 0.3) is 0 Å². The summed E-state index contributed by atoms with van der Waals surface area (Å²) in [7, 11) is 1.80. The van der Waals surface area contributed by atoms with E-state index >= 15 is 0 Å². The van der Waals surface area contributed by atoms with Crippen LogP contribution in [0.4, 0.5) is 0 Å². The molecule has 6 nitrogen and oxygen atoms in total. The lowest BCUT2D eigenvalue weighted by Crippen LogP contribution is -2.50. The van der Waals surface area contributed by atoms with Crippen molar-refractivity contribution >= 4 is 29.9 Å². The molecule has 0 radical (unpaired) electrons. The molecule has 0 spiro atoms. The highest BCUT2D eigenvalue weighted by Crippen LogP contribution is 2.07. The summed E-state index contributed by atoms with van der Waals surface area (Å²) >= 11 is 0. The van der Waals surface area contributed by atoms with Crippen LogP contribution in [0.25, 0.3) is 0 Å². The minimum absolute atomic E-state index is 0. The molecule has 0 aliphatic carbocycles. The van der Waals surface area contributed by atoms with Gasteiger partial charge in [-0.25, -0.2) is 0 Å². The molecular weight excluding hydrogens is 419 g/mol. The summed E-state index contributed by atoms with van der Waals surface area (Å²) in [5.74, 6) is 1.53. The molecule has 1 atom stereocenters. The Morgan fingerprint density at radius 3 is 2.67 bits per heavy atom. The molecular formula is C17H37IN4O2. The SMILES string of the molecule is CN=C(NCCCOC(C)C)NCC1CN(CC(C)C)CCO1.I. The van der Waals surface area contributed by atoms with Crippen molar-refractivity contribution in [3.63, 3.8) is 0 Å². The van der Waals surface area contributed by atoms with E-state index in [2.05, 4.69) is 48.2 Å². The minimum Gasteiger partial charge on any atom is -0.379 e. The molecule has 0 bridgehead atoms. The number of nitrogens with zero attached hydrogens (tertiary/aromatic N) is 2. The summed E-state index contributed by atoms with van der Waals surface area (Å²) in [6, 6.07) is 0. The minimum atomic E-state index is 0. The van der Waals surface area contributed by atoms with E-state index in [0.717, 1.165) is 58.3 Å². The maximum atomic E-state index is 5.85. The molecule has 1 aliphatic rings. The van der Waals surface area contributed by atoms with E-state index in [4.69, 9.17) is 9.47 Å². The lowest BCUT2D eigenvalue weighted by Gasteiger charge is -2.34. The van der Waals surface area contributed by atoms with Crippen molar-refractivity contribution < 1.29 is 9.47 Å². The predicted molar refractivity (Wildman–Crippen MR) is 112 cm³/mol. The van der Waals surface area contributed by atoms with Gasteiger partial charge in [0.15, 0.2) is 5.96 Å². The molecule has 0 amide bonds. The number of morpholine rings is 1. The van der Waals surface area contributed by atoms with Crippen molar-refractivity contribution in [1.82, 2.24) is 15.5 Å². The second-order valence-corrected chi connectivity index (χ2v) is 6.80. The quantitative estimate of drug-likeness (QED) is 0.241. The molecule has 0 aromatic rings. The molecule has 1 heterocycles. The molecule has 24 heavy (non-hydrogen) atoms. The van der Waals surface area contributed by atoms with Gasteiger partial charge in [-0.1, -0.05) is 13.8 Å². The van der Waals surface area contributed by atoms with Gasteiger partial charge in [0.05, 0.1) is 18.8 Å². The number of hydrogen-bond acceptors (Lipinski definition) is 4. The van der Waals surface area contributed by atoms with Crippen LogP contribution in [-0.4, -0.2) is 76.1 Å². The summed E-state index contributed by atoms with van der Waals surface area (Å²) in [6.45, 7) is 15.0. The van der Waals surface area contributed by atoms with Crippen LogP contribution in [0.3, 0.4) is 0 Å². The Hall–Kier alpha value is -0.120. The highest BCUT2D eigenvalue weighted by Gasteiger charge is 2.20. The van der Waals surface area contributed by atoms with Crippen LogP contribution in [0, 0.1) is 5.92 Å². The average molecular weight is 456 g/mol. The van der Waals surface area contributed by atoms with Gasteiger partial charge in [-0.05, 0) is 26.2 Å². The number of nitrogens with one attached hydrogen (secondary N) is 2. The third kappa shape index (κ3) is 11.4. The fraction of sp³-hybridized carbons (Fsp3) is 0.941. The Labute approximate surface area is 165 Å². The fourth-order valence-electron chi connectivity index (χ4n) is 2.62. The van der Waals surface area contributed by atoms with E-state index in [9.17, 15) is 0 Å². The summed E-state index contributed by atoms with van der Waals surface area (Å²) in [5, 5.41) is 6.67. The lowest BCUT2D eigenvalue weighted by atomic mass is 10.2.